The molecule has 0 atom stereocenters. The van der Waals surface area contributed by atoms with Gasteiger partial charge in [0.2, 0.25) is 0 Å². The molecule has 80 valence electrons. The van der Waals surface area contributed by atoms with Crippen LogP contribution in [-0.4, -0.2) is 4.57 Å². The Labute approximate surface area is 99.0 Å². The molecule has 1 saturated carbocycles. The highest BCUT2D eigenvalue weighted by Crippen LogP contribution is 2.43. The van der Waals surface area contributed by atoms with Crippen molar-refractivity contribution in [1.29, 1.82) is 5.26 Å². The van der Waals surface area contributed by atoms with Crippen LogP contribution in [0, 0.1) is 18.3 Å². The summed E-state index contributed by atoms with van der Waals surface area (Å²) in [6.45, 7) is 6.41. The molecule has 15 heavy (non-hydrogen) atoms. The van der Waals surface area contributed by atoms with Gasteiger partial charge in [0.1, 0.15) is 6.07 Å². The standard InChI is InChI=1S/C12H15BrN2/c1-7(2)12-11(13)10(6-14)8(3)15(12)9-4-5-9/h7,9H,4-5H2,1-3H3. The lowest BCUT2D eigenvalue weighted by molar-refractivity contribution is 0.641. The van der Waals surface area contributed by atoms with Gasteiger partial charge in [0.25, 0.3) is 0 Å². The summed E-state index contributed by atoms with van der Waals surface area (Å²) >= 11 is 3.57. The van der Waals surface area contributed by atoms with Gasteiger partial charge in [0, 0.05) is 17.4 Å². The van der Waals surface area contributed by atoms with E-state index in [2.05, 4.69) is 40.4 Å². The molecule has 0 aliphatic heterocycles. The van der Waals surface area contributed by atoms with E-state index in [1.807, 2.05) is 6.92 Å². The smallest absolute Gasteiger partial charge is 0.102 e. The second-order valence-corrected chi connectivity index (χ2v) is 5.32. The highest BCUT2D eigenvalue weighted by molar-refractivity contribution is 9.10. The zero-order valence-electron chi connectivity index (χ0n) is 9.34. The van der Waals surface area contributed by atoms with Crippen molar-refractivity contribution in [3.8, 4) is 6.07 Å². The van der Waals surface area contributed by atoms with Gasteiger partial charge >= 0.3 is 0 Å². The molecule has 0 unspecified atom stereocenters. The summed E-state index contributed by atoms with van der Waals surface area (Å²) in [6, 6.07) is 2.93. The van der Waals surface area contributed by atoms with Gasteiger partial charge in [-0.25, -0.2) is 0 Å². The highest BCUT2D eigenvalue weighted by atomic mass is 79.9. The number of rotatable bonds is 2. The fourth-order valence-corrected chi connectivity index (χ4v) is 3.18. The van der Waals surface area contributed by atoms with Crippen molar-refractivity contribution in [3.05, 3.63) is 21.4 Å². The third-order valence-electron chi connectivity index (χ3n) is 3.00. The van der Waals surface area contributed by atoms with Crippen LogP contribution in [0.1, 0.15) is 55.6 Å². The SMILES string of the molecule is Cc1c(C#N)c(Br)c(C(C)C)n1C1CC1. The number of halogens is 1. The van der Waals surface area contributed by atoms with Crippen molar-refractivity contribution in [2.45, 2.75) is 45.6 Å². The largest absolute Gasteiger partial charge is 0.343 e. The van der Waals surface area contributed by atoms with Crippen LogP contribution in [0.4, 0.5) is 0 Å². The Kier molecular flexibility index (Phi) is 2.64. The topological polar surface area (TPSA) is 28.7 Å². The molecule has 0 bridgehead atoms. The van der Waals surface area contributed by atoms with E-state index in [1.165, 1.54) is 18.5 Å². The van der Waals surface area contributed by atoms with Gasteiger partial charge in [0.15, 0.2) is 0 Å². The average Bonchev–Trinajstić information content (AvgIpc) is 2.93. The summed E-state index contributed by atoms with van der Waals surface area (Å²) in [4.78, 5) is 0. The molecule has 0 spiro atoms. The predicted octanol–water partition coefficient (Wildman–Crippen LogP) is 3.89. The minimum atomic E-state index is 0.459. The van der Waals surface area contributed by atoms with Gasteiger partial charge < -0.3 is 4.57 Å². The van der Waals surface area contributed by atoms with Crippen LogP contribution in [0.2, 0.25) is 0 Å². The maximum absolute atomic E-state index is 9.13. The van der Waals surface area contributed by atoms with Gasteiger partial charge in [-0.15, -0.1) is 0 Å². The fraction of sp³-hybridized carbons (Fsp3) is 0.583. The van der Waals surface area contributed by atoms with Crippen molar-refractivity contribution >= 4 is 15.9 Å². The minimum Gasteiger partial charge on any atom is -0.343 e. The van der Waals surface area contributed by atoms with Crippen LogP contribution >= 0.6 is 15.9 Å². The van der Waals surface area contributed by atoms with Crippen molar-refractivity contribution in [3.63, 3.8) is 0 Å². The molecule has 0 radical (unpaired) electrons. The first-order chi connectivity index (χ1) is 7.07. The van der Waals surface area contributed by atoms with Crippen molar-refractivity contribution in [1.82, 2.24) is 4.57 Å². The van der Waals surface area contributed by atoms with Crippen LogP contribution in [0.25, 0.3) is 0 Å². The Bertz CT molecular complexity index is 408. The molecule has 2 rings (SSSR count). The molecule has 3 heteroatoms. The monoisotopic (exact) mass is 266 g/mol. The maximum Gasteiger partial charge on any atom is 0.102 e. The molecule has 1 fully saturated rings. The van der Waals surface area contributed by atoms with Crippen molar-refractivity contribution in [2.75, 3.05) is 0 Å². The summed E-state index contributed by atoms with van der Waals surface area (Å²) in [7, 11) is 0. The van der Waals surface area contributed by atoms with E-state index in [-0.39, 0.29) is 0 Å². The second kappa shape index (κ2) is 3.68. The Morgan fingerprint density at radius 2 is 2.07 bits per heavy atom. The predicted molar refractivity (Wildman–Crippen MR) is 63.9 cm³/mol. The minimum absolute atomic E-state index is 0.459. The third-order valence-corrected chi connectivity index (χ3v) is 3.80. The van der Waals surface area contributed by atoms with Crippen molar-refractivity contribution in [2.24, 2.45) is 0 Å². The highest BCUT2D eigenvalue weighted by Gasteiger charge is 2.31. The molecule has 1 aromatic heterocycles. The molecule has 0 amide bonds. The van der Waals surface area contributed by atoms with Crippen LogP contribution < -0.4 is 0 Å². The molecule has 0 aromatic carbocycles. The van der Waals surface area contributed by atoms with Crippen LogP contribution in [0.3, 0.4) is 0 Å². The first kappa shape index (κ1) is 10.8. The zero-order valence-corrected chi connectivity index (χ0v) is 10.9. The van der Waals surface area contributed by atoms with Gasteiger partial charge in [-0.2, -0.15) is 5.26 Å². The molecule has 1 aromatic rings. The summed E-state index contributed by atoms with van der Waals surface area (Å²) in [6.07, 6.45) is 2.51. The Morgan fingerprint density at radius 3 is 2.47 bits per heavy atom. The van der Waals surface area contributed by atoms with E-state index in [1.54, 1.807) is 0 Å². The number of aromatic nitrogens is 1. The normalized spacial score (nSPS) is 15.7. The molecule has 0 saturated heterocycles. The lowest BCUT2D eigenvalue weighted by Crippen LogP contribution is -2.04. The summed E-state index contributed by atoms with van der Waals surface area (Å²) in [5.74, 6) is 0.459. The number of nitriles is 1. The Hall–Kier alpha value is -0.750. The quantitative estimate of drug-likeness (QED) is 0.799. The average molecular weight is 267 g/mol. The maximum atomic E-state index is 9.13. The van der Waals surface area contributed by atoms with E-state index < -0.39 is 0 Å². The van der Waals surface area contributed by atoms with E-state index in [9.17, 15) is 0 Å². The lowest BCUT2D eigenvalue weighted by atomic mass is 10.1. The first-order valence-electron chi connectivity index (χ1n) is 5.38. The van der Waals surface area contributed by atoms with Gasteiger partial charge in [0.05, 0.1) is 10.0 Å². The van der Waals surface area contributed by atoms with Crippen LogP contribution in [-0.2, 0) is 0 Å². The molecule has 1 aliphatic rings. The van der Waals surface area contributed by atoms with Crippen LogP contribution in [0.15, 0.2) is 4.47 Å². The van der Waals surface area contributed by atoms with Crippen LogP contribution in [0.5, 0.6) is 0 Å². The summed E-state index contributed by atoms with van der Waals surface area (Å²) in [5, 5.41) is 9.13. The van der Waals surface area contributed by atoms with Crippen molar-refractivity contribution < 1.29 is 0 Å². The summed E-state index contributed by atoms with van der Waals surface area (Å²) < 4.78 is 3.36. The van der Waals surface area contributed by atoms with Gasteiger partial charge in [-0.3, -0.25) is 0 Å². The molecule has 0 N–H and O–H groups in total. The fourth-order valence-electron chi connectivity index (χ4n) is 2.16. The molecule has 2 nitrogen and oxygen atoms in total. The zero-order chi connectivity index (χ0) is 11.2. The van der Waals surface area contributed by atoms with E-state index in [0.29, 0.717) is 12.0 Å². The Balaban J connectivity index is 2.65. The number of hydrogen-bond donors (Lipinski definition) is 0. The summed E-state index contributed by atoms with van der Waals surface area (Å²) in [5.41, 5.74) is 3.22. The Morgan fingerprint density at radius 1 is 1.47 bits per heavy atom. The second-order valence-electron chi connectivity index (χ2n) is 4.53. The third kappa shape index (κ3) is 1.61. The van der Waals surface area contributed by atoms with E-state index in [4.69, 9.17) is 5.26 Å². The van der Waals surface area contributed by atoms with Gasteiger partial charge in [-0.1, -0.05) is 13.8 Å². The number of nitrogens with zero attached hydrogens (tertiary/aromatic N) is 2. The number of hydrogen-bond acceptors (Lipinski definition) is 1. The van der Waals surface area contributed by atoms with Gasteiger partial charge in [-0.05, 0) is 41.6 Å². The lowest BCUT2D eigenvalue weighted by Gasteiger charge is -2.13. The first-order valence-corrected chi connectivity index (χ1v) is 6.17. The van der Waals surface area contributed by atoms with E-state index >= 15 is 0 Å². The molecular formula is C12H15BrN2. The molecule has 1 aliphatic carbocycles. The van der Waals surface area contributed by atoms with E-state index in [0.717, 1.165) is 15.7 Å². The molecular weight excluding hydrogens is 252 g/mol. The molecule has 1 heterocycles.